The molecular weight excluding hydrogens is 875 g/mol. The topological polar surface area (TPSA) is 48.5 Å². The van der Waals surface area contributed by atoms with Crippen molar-refractivity contribution in [1.29, 1.82) is 0 Å². The fraction of sp³-hybridized carbons (Fsp3) is 0.0299. The van der Waals surface area contributed by atoms with Crippen LogP contribution in [0, 0.1) is 0 Å². The largest absolute Gasteiger partial charge is 0.334 e. The lowest BCUT2D eigenvalue weighted by Crippen LogP contribution is -1.94. The molecule has 0 atom stereocenters. The molecule has 0 aliphatic rings. The summed E-state index contributed by atoms with van der Waals surface area (Å²) < 4.78 is 4.11. The van der Waals surface area contributed by atoms with Crippen LogP contribution in [0.2, 0.25) is 0 Å². The summed E-state index contributed by atoms with van der Waals surface area (Å²) in [7, 11) is 4.07. The van der Waals surface area contributed by atoms with E-state index in [1.54, 1.807) is 0 Å². The fourth-order valence-electron chi connectivity index (χ4n) is 10.1. The Morgan fingerprint density at radius 1 is 0.236 bits per heavy atom. The van der Waals surface area contributed by atoms with Gasteiger partial charge in [0, 0.05) is 61.8 Å². The van der Waals surface area contributed by atoms with Crippen molar-refractivity contribution < 1.29 is 0 Å². The highest BCUT2D eigenvalue weighted by Gasteiger charge is 2.19. The molecule has 0 radical (unpaired) electrons. The summed E-state index contributed by atoms with van der Waals surface area (Å²) >= 11 is 0. The molecule has 72 heavy (non-hydrogen) atoms. The molecule has 0 aliphatic heterocycles. The molecule has 0 fully saturated rings. The monoisotopic (exact) mass is 923 g/mol. The first-order chi connectivity index (χ1) is 35.5. The third-order valence-electron chi connectivity index (χ3n) is 13.8. The molecule has 0 amide bonds. The first-order valence-electron chi connectivity index (χ1n) is 24.3. The number of aryl methyl sites for hydroxylation is 2. The highest BCUT2D eigenvalue weighted by molar-refractivity contribution is 5.97. The number of aromatic nitrogens is 5. The molecule has 0 unspecified atom stereocenters. The van der Waals surface area contributed by atoms with Crippen LogP contribution in [0.5, 0.6) is 0 Å². The van der Waals surface area contributed by atoms with Crippen LogP contribution in [0.25, 0.3) is 123 Å². The first kappa shape index (κ1) is 43.8. The summed E-state index contributed by atoms with van der Waals surface area (Å²) in [5.74, 6) is 1.88. The molecule has 0 spiro atoms. The Labute approximate surface area is 420 Å². The number of hydrogen-bond donors (Lipinski definition) is 0. The smallest absolute Gasteiger partial charge is 0.139 e. The Bertz CT molecular complexity index is 3700. The summed E-state index contributed by atoms with van der Waals surface area (Å²) in [6.45, 7) is 0. The standard InChI is InChI=1S/C67H49N5/c1-71-40-38-69-66(71)51-31-27-48(28-32-51)57-16-6-8-18-59(57)54-42-55(60-19-9-7-17-58(60)49-29-33-52(34-30-49)67-70-39-41-72(67)2)44-56(43-54)61-20-10-11-21-62(61)63-36-35-53(65-22-12-13-37-68-65)45-64(63)50-25-23-47(24-26-50)46-14-4-3-5-15-46/h3-45H,1-2H3. The predicted molar refractivity (Wildman–Crippen MR) is 298 cm³/mol. The molecule has 342 valence electrons. The number of nitrogens with zero attached hydrogens (tertiary/aromatic N) is 5. The van der Waals surface area contributed by atoms with Gasteiger partial charge in [-0.15, -0.1) is 0 Å². The van der Waals surface area contributed by atoms with Gasteiger partial charge in [0.05, 0.1) is 5.69 Å². The van der Waals surface area contributed by atoms with Crippen molar-refractivity contribution in [3.05, 3.63) is 262 Å². The van der Waals surface area contributed by atoms with E-state index in [9.17, 15) is 0 Å². The van der Waals surface area contributed by atoms with Crippen LogP contribution in [0.1, 0.15) is 0 Å². The normalized spacial score (nSPS) is 11.2. The van der Waals surface area contributed by atoms with Gasteiger partial charge in [-0.2, -0.15) is 0 Å². The molecule has 0 saturated heterocycles. The van der Waals surface area contributed by atoms with E-state index >= 15 is 0 Å². The average molecular weight is 924 g/mol. The second-order valence-corrected chi connectivity index (χ2v) is 18.2. The van der Waals surface area contributed by atoms with Crippen LogP contribution in [0.3, 0.4) is 0 Å². The Morgan fingerprint density at radius 3 is 1.06 bits per heavy atom. The lowest BCUT2D eigenvalue weighted by atomic mass is 9.84. The minimum atomic E-state index is 0.937. The number of rotatable bonds is 11. The zero-order chi connectivity index (χ0) is 48.4. The Hall–Kier alpha value is -9.45. The summed E-state index contributed by atoms with van der Waals surface area (Å²) in [6, 6.07) is 83.6. The van der Waals surface area contributed by atoms with Crippen LogP contribution < -0.4 is 0 Å². The molecule has 0 bridgehead atoms. The molecule has 0 aliphatic carbocycles. The van der Waals surface area contributed by atoms with E-state index in [0.717, 1.165) is 112 Å². The zero-order valence-corrected chi connectivity index (χ0v) is 40.1. The van der Waals surface area contributed by atoms with Gasteiger partial charge in [-0.3, -0.25) is 4.98 Å². The molecule has 5 heteroatoms. The van der Waals surface area contributed by atoms with Gasteiger partial charge >= 0.3 is 0 Å². The Kier molecular flexibility index (Phi) is 11.7. The van der Waals surface area contributed by atoms with E-state index in [0.29, 0.717) is 0 Å². The van der Waals surface area contributed by atoms with Gasteiger partial charge in [0.1, 0.15) is 11.6 Å². The molecule has 12 rings (SSSR count). The predicted octanol–water partition coefficient (Wildman–Crippen LogP) is 16.9. The quantitative estimate of drug-likeness (QED) is 0.130. The van der Waals surface area contributed by atoms with Gasteiger partial charge < -0.3 is 9.13 Å². The van der Waals surface area contributed by atoms with Crippen molar-refractivity contribution in [2.24, 2.45) is 14.1 Å². The van der Waals surface area contributed by atoms with E-state index in [2.05, 4.69) is 244 Å². The third-order valence-corrected chi connectivity index (χ3v) is 13.8. The maximum atomic E-state index is 4.77. The number of hydrogen-bond acceptors (Lipinski definition) is 3. The molecule has 0 N–H and O–H groups in total. The van der Waals surface area contributed by atoms with Crippen molar-refractivity contribution in [3.8, 4) is 123 Å². The zero-order valence-electron chi connectivity index (χ0n) is 40.1. The van der Waals surface area contributed by atoms with E-state index in [1.807, 2.05) is 51.1 Å². The van der Waals surface area contributed by atoms with E-state index in [-0.39, 0.29) is 0 Å². The van der Waals surface area contributed by atoms with Crippen molar-refractivity contribution in [3.63, 3.8) is 0 Å². The van der Waals surface area contributed by atoms with Gasteiger partial charge in [-0.1, -0.05) is 194 Å². The van der Waals surface area contributed by atoms with E-state index in [4.69, 9.17) is 4.98 Å². The van der Waals surface area contributed by atoms with Gasteiger partial charge in [-0.05, 0) is 125 Å². The molecule has 3 aromatic heterocycles. The number of pyridine rings is 1. The molecular formula is C67H49N5. The fourth-order valence-corrected chi connectivity index (χ4v) is 10.1. The molecule has 9 aromatic carbocycles. The van der Waals surface area contributed by atoms with Crippen LogP contribution >= 0.6 is 0 Å². The van der Waals surface area contributed by atoms with Crippen LogP contribution in [-0.4, -0.2) is 24.1 Å². The maximum Gasteiger partial charge on any atom is 0.139 e. The Balaban J connectivity index is 1.04. The van der Waals surface area contributed by atoms with Crippen LogP contribution in [-0.2, 0) is 14.1 Å². The van der Waals surface area contributed by atoms with E-state index < -0.39 is 0 Å². The van der Waals surface area contributed by atoms with Crippen LogP contribution in [0.15, 0.2) is 262 Å². The second kappa shape index (κ2) is 19.2. The SMILES string of the molecule is Cn1ccnc1-c1ccc(-c2ccccc2-c2cc(-c3ccccc3-c3ccc(-c4nccn4C)cc3)cc(-c3ccccc3-c3ccc(-c4ccccn4)cc3-c3ccc(-c4ccccc4)cc3)c2)cc1. The second-order valence-electron chi connectivity index (χ2n) is 18.2. The summed E-state index contributed by atoms with van der Waals surface area (Å²) in [4.78, 5) is 14.0. The molecule has 0 saturated carbocycles. The molecule has 3 heterocycles. The Morgan fingerprint density at radius 2 is 0.597 bits per heavy atom. The van der Waals surface area contributed by atoms with Gasteiger partial charge in [0.25, 0.3) is 0 Å². The van der Waals surface area contributed by atoms with Crippen LogP contribution in [0.4, 0.5) is 0 Å². The van der Waals surface area contributed by atoms with Gasteiger partial charge in [-0.25, -0.2) is 9.97 Å². The minimum absolute atomic E-state index is 0.937. The summed E-state index contributed by atoms with van der Waals surface area (Å²) in [5, 5.41) is 0. The van der Waals surface area contributed by atoms with Gasteiger partial charge in [0.2, 0.25) is 0 Å². The highest BCUT2D eigenvalue weighted by Crippen LogP contribution is 2.45. The summed E-state index contributed by atoms with van der Waals surface area (Å²) in [5.41, 5.74) is 22.5. The minimum Gasteiger partial charge on any atom is -0.334 e. The lowest BCUT2D eigenvalue weighted by Gasteiger charge is -2.19. The maximum absolute atomic E-state index is 4.77. The molecule has 5 nitrogen and oxygen atoms in total. The van der Waals surface area contributed by atoms with Crippen molar-refractivity contribution >= 4 is 0 Å². The lowest BCUT2D eigenvalue weighted by molar-refractivity contribution is 0.925. The third kappa shape index (κ3) is 8.54. The number of benzene rings is 9. The molecule has 12 aromatic rings. The highest BCUT2D eigenvalue weighted by atomic mass is 15.0. The van der Waals surface area contributed by atoms with Crippen molar-refractivity contribution in [2.45, 2.75) is 0 Å². The van der Waals surface area contributed by atoms with Crippen molar-refractivity contribution in [1.82, 2.24) is 24.1 Å². The summed E-state index contributed by atoms with van der Waals surface area (Å²) in [6.07, 6.45) is 9.52. The van der Waals surface area contributed by atoms with E-state index in [1.165, 1.54) is 11.1 Å². The average Bonchev–Trinajstić information content (AvgIpc) is 4.10. The number of imidazole rings is 2. The first-order valence-corrected chi connectivity index (χ1v) is 24.3. The van der Waals surface area contributed by atoms with Crippen molar-refractivity contribution in [2.75, 3.05) is 0 Å². The van der Waals surface area contributed by atoms with Gasteiger partial charge in [0.15, 0.2) is 0 Å².